The van der Waals surface area contributed by atoms with Gasteiger partial charge in [-0.3, -0.25) is 4.79 Å². The maximum absolute atomic E-state index is 12.7. The molecule has 0 saturated carbocycles. The Hall–Kier alpha value is -2.68. The highest BCUT2D eigenvalue weighted by Gasteiger charge is 2.30. The summed E-state index contributed by atoms with van der Waals surface area (Å²) < 4.78 is 43.7. The fraction of sp³-hybridized carbons (Fsp3) is 0.353. The monoisotopic (exact) mass is 366 g/mol. The van der Waals surface area contributed by atoms with Gasteiger partial charge in [-0.15, -0.1) is 0 Å². The van der Waals surface area contributed by atoms with Crippen LogP contribution in [-0.2, 0) is 10.9 Å². The third-order valence-electron chi connectivity index (χ3n) is 3.85. The normalized spacial score (nSPS) is 17.1. The molecule has 2 N–H and O–H groups in total. The van der Waals surface area contributed by atoms with Crippen molar-refractivity contribution in [3.8, 4) is 0 Å². The van der Waals surface area contributed by atoms with Crippen molar-refractivity contribution >= 4 is 17.5 Å². The number of rotatable bonds is 5. The summed E-state index contributed by atoms with van der Waals surface area (Å²) in [5.41, 5.74) is -0.749. The standard InChI is InChI=1S/C17H17F3N4O2/c18-17(19,20)11-3-1-4-12(9-11)23-15(25)14-6-7-21-16(24-14)22-10-13-5-2-8-26-13/h1,3-4,6-7,9,13H,2,5,8,10H2,(H,23,25)(H,21,22,24). The first-order chi connectivity index (χ1) is 12.4. The van der Waals surface area contributed by atoms with Crippen molar-refractivity contribution in [2.24, 2.45) is 0 Å². The highest BCUT2D eigenvalue weighted by Crippen LogP contribution is 2.30. The number of halogens is 3. The molecule has 1 aliphatic rings. The van der Waals surface area contributed by atoms with Gasteiger partial charge in [-0.2, -0.15) is 13.2 Å². The maximum Gasteiger partial charge on any atom is 0.416 e. The molecule has 2 aromatic rings. The van der Waals surface area contributed by atoms with Crippen LogP contribution < -0.4 is 10.6 Å². The van der Waals surface area contributed by atoms with Gasteiger partial charge in [-0.25, -0.2) is 9.97 Å². The summed E-state index contributed by atoms with van der Waals surface area (Å²) >= 11 is 0. The van der Waals surface area contributed by atoms with Crippen LogP contribution >= 0.6 is 0 Å². The summed E-state index contributed by atoms with van der Waals surface area (Å²) in [6.45, 7) is 1.26. The number of hydrogen-bond donors (Lipinski definition) is 2. The number of ether oxygens (including phenoxy) is 1. The zero-order valence-corrected chi connectivity index (χ0v) is 13.7. The molecule has 0 spiro atoms. The average molecular weight is 366 g/mol. The molecule has 1 aromatic heterocycles. The van der Waals surface area contributed by atoms with Gasteiger partial charge in [0.15, 0.2) is 0 Å². The first-order valence-corrected chi connectivity index (χ1v) is 8.09. The molecule has 1 atom stereocenters. The number of benzene rings is 1. The molecule has 26 heavy (non-hydrogen) atoms. The number of carbonyl (C=O) groups is 1. The van der Waals surface area contributed by atoms with Crippen molar-refractivity contribution < 1.29 is 22.7 Å². The Morgan fingerprint density at radius 3 is 2.88 bits per heavy atom. The zero-order chi connectivity index (χ0) is 18.6. The second-order valence-electron chi connectivity index (χ2n) is 5.81. The van der Waals surface area contributed by atoms with Crippen LogP contribution in [0.15, 0.2) is 36.5 Å². The molecule has 3 rings (SSSR count). The third kappa shape index (κ3) is 4.69. The molecular weight excluding hydrogens is 349 g/mol. The first-order valence-electron chi connectivity index (χ1n) is 8.09. The smallest absolute Gasteiger partial charge is 0.376 e. The van der Waals surface area contributed by atoms with E-state index in [4.69, 9.17) is 4.74 Å². The number of nitrogens with zero attached hydrogens (tertiary/aromatic N) is 2. The Bertz CT molecular complexity index is 777. The van der Waals surface area contributed by atoms with Crippen LogP contribution in [0.25, 0.3) is 0 Å². The molecule has 1 unspecified atom stereocenters. The third-order valence-corrected chi connectivity index (χ3v) is 3.85. The van der Waals surface area contributed by atoms with E-state index in [0.717, 1.165) is 31.6 Å². The predicted octanol–water partition coefficient (Wildman–Crippen LogP) is 3.34. The van der Waals surface area contributed by atoms with Gasteiger partial charge in [0.2, 0.25) is 5.95 Å². The molecule has 0 bridgehead atoms. The lowest BCUT2D eigenvalue weighted by atomic mass is 10.2. The fourth-order valence-electron chi connectivity index (χ4n) is 2.55. The lowest BCUT2D eigenvalue weighted by molar-refractivity contribution is -0.137. The minimum Gasteiger partial charge on any atom is -0.376 e. The summed E-state index contributed by atoms with van der Waals surface area (Å²) in [4.78, 5) is 20.4. The molecule has 6 nitrogen and oxygen atoms in total. The summed E-state index contributed by atoms with van der Waals surface area (Å²) in [5, 5.41) is 5.41. The van der Waals surface area contributed by atoms with Gasteiger partial charge < -0.3 is 15.4 Å². The second-order valence-corrected chi connectivity index (χ2v) is 5.81. The quantitative estimate of drug-likeness (QED) is 0.849. The molecule has 0 radical (unpaired) electrons. The Balaban J connectivity index is 1.65. The summed E-state index contributed by atoms with van der Waals surface area (Å²) in [5.74, 6) is -0.357. The van der Waals surface area contributed by atoms with Crippen LogP contribution in [0.4, 0.5) is 24.8 Å². The van der Waals surface area contributed by atoms with Gasteiger partial charge in [-0.05, 0) is 37.1 Å². The Labute approximate surface area is 147 Å². The summed E-state index contributed by atoms with van der Waals surface area (Å²) in [7, 11) is 0. The van der Waals surface area contributed by atoms with Crippen molar-refractivity contribution in [2.45, 2.75) is 25.1 Å². The SMILES string of the molecule is O=C(Nc1cccc(C(F)(F)F)c1)c1ccnc(NCC2CCCO2)n1. The van der Waals surface area contributed by atoms with E-state index in [0.29, 0.717) is 6.54 Å². The second kappa shape index (κ2) is 7.69. The van der Waals surface area contributed by atoms with Crippen LogP contribution in [0.5, 0.6) is 0 Å². The van der Waals surface area contributed by atoms with Gasteiger partial charge in [-0.1, -0.05) is 6.07 Å². The van der Waals surface area contributed by atoms with E-state index in [2.05, 4.69) is 20.6 Å². The van der Waals surface area contributed by atoms with Gasteiger partial charge >= 0.3 is 6.18 Å². The Morgan fingerprint density at radius 2 is 2.15 bits per heavy atom. The molecular formula is C17H17F3N4O2. The number of carbonyl (C=O) groups excluding carboxylic acids is 1. The molecule has 1 aliphatic heterocycles. The van der Waals surface area contributed by atoms with E-state index in [-0.39, 0.29) is 23.4 Å². The van der Waals surface area contributed by atoms with E-state index in [1.165, 1.54) is 24.4 Å². The number of nitrogens with one attached hydrogen (secondary N) is 2. The summed E-state index contributed by atoms with van der Waals surface area (Å²) in [6.07, 6.45) is -1.03. The first kappa shape index (κ1) is 18.1. The molecule has 1 aromatic carbocycles. The molecule has 1 saturated heterocycles. The van der Waals surface area contributed by atoms with Crippen molar-refractivity contribution in [3.05, 3.63) is 47.8 Å². The van der Waals surface area contributed by atoms with E-state index in [1.807, 2.05) is 0 Å². The van der Waals surface area contributed by atoms with Crippen molar-refractivity contribution in [1.29, 1.82) is 0 Å². The van der Waals surface area contributed by atoms with E-state index in [1.54, 1.807) is 0 Å². The largest absolute Gasteiger partial charge is 0.416 e. The lowest BCUT2D eigenvalue weighted by Gasteiger charge is -2.12. The fourth-order valence-corrected chi connectivity index (χ4v) is 2.55. The molecule has 1 fully saturated rings. The Morgan fingerprint density at radius 1 is 1.31 bits per heavy atom. The van der Waals surface area contributed by atoms with Crippen molar-refractivity contribution in [2.75, 3.05) is 23.8 Å². The van der Waals surface area contributed by atoms with Crippen LogP contribution in [0, 0.1) is 0 Å². The number of alkyl halides is 3. The van der Waals surface area contributed by atoms with Gasteiger partial charge in [0.25, 0.3) is 5.91 Å². The van der Waals surface area contributed by atoms with E-state index >= 15 is 0 Å². The van der Waals surface area contributed by atoms with E-state index in [9.17, 15) is 18.0 Å². The summed E-state index contributed by atoms with van der Waals surface area (Å²) in [6, 6.07) is 5.81. The number of anilines is 2. The number of hydrogen-bond acceptors (Lipinski definition) is 5. The van der Waals surface area contributed by atoms with Crippen LogP contribution in [0.1, 0.15) is 28.9 Å². The number of aromatic nitrogens is 2. The van der Waals surface area contributed by atoms with Gasteiger partial charge in [0.1, 0.15) is 5.69 Å². The van der Waals surface area contributed by atoms with Crippen LogP contribution in [-0.4, -0.2) is 35.1 Å². The van der Waals surface area contributed by atoms with Gasteiger partial charge in [0.05, 0.1) is 11.7 Å². The average Bonchev–Trinajstić information content (AvgIpc) is 3.13. The molecule has 9 heteroatoms. The van der Waals surface area contributed by atoms with Crippen molar-refractivity contribution in [1.82, 2.24) is 9.97 Å². The van der Waals surface area contributed by atoms with Crippen molar-refractivity contribution in [3.63, 3.8) is 0 Å². The molecule has 138 valence electrons. The van der Waals surface area contributed by atoms with Crippen LogP contribution in [0.3, 0.4) is 0 Å². The number of amides is 1. The van der Waals surface area contributed by atoms with Crippen LogP contribution in [0.2, 0.25) is 0 Å². The topological polar surface area (TPSA) is 76.1 Å². The molecule has 0 aliphatic carbocycles. The lowest BCUT2D eigenvalue weighted by Crippen LogP contribution is -2.21. The molecule has 1 amide bonds. The molecule has 2 heterocycles. The Kier molecular flexibility index (Phi) is 5.36. The van der Waals surface area contributed by atoms with Gasteiger partial charge in [0, 0.05) is 25.0 Å². The minimum absolute atomic E-state index is 0.0392. The highest BCUT2D eigenvalue weighted by molar-refractivity contribution is 6.03. The predicted molar refractivity (Wildman–Crippen MR) is 88.9 cm³/mol. The van der Waals surface area contributed by atoms with E-state index < -0.39 is 17.6 Å². The zero-order valence-electron chi connectivity index (χ0n) is 13.7. The maximum atomic E-state index is 12.7. The minimum atomic E-state index is -4.48. The highest BCUT2D eigenvalue weighted by atomic mass is 19.4.